The van der Waals surface area contributed by atoms with Crippen LogP contribution >= 0.6 is 11.6 Å². The molecule has 0 aliphatic carbocycles. The van der Waals surface area contributed by atoms with Gasteiger partial charge in [0.1, 0.15) is 6.42 Å². The SMILES string of the molecule is CCOC(=O)Cc1nc(N)n(C(=O)c2ccc(Cl)cc2)n1. The molecule has 0 atom stereocenters. The zero-order valence-corrected chi connectivity index (χ0v) is 12.0. The molecule has 0 saturated heterocycles. The number of carbonyl (C=O) groups excluding carboxylic acids is 2. The lowest BCUT2D eigenvalue weighted by molar-refractivity contribution is -0.142. The third-order valence-electron chi connectivity index (χ3n) is 2.57. The van der Waals surface area contributed by atoms with E-state index in [-0.39, 0.29) is 24.8 Å². The number of anilines is 1. The maximum atomic E-state index is 12.2. The number of ether oxygens (including phenoxy) is 1. The van der Waals surface area contributed by atoms with Gasteiger partial charge in [0.2, 0.25) is 5.95 Å². The summed E-state index contributed by atoms with van der Waals surface area (Å²) < 4.78 is 5.73. The normalized spacial score (nSPS) is 10.4. The standard InChI is InChI=1S/C13H13ClN4O3/c1-2-21-11(19)7-10-16-13(15)18(17-10)12(20)8-3-5-9(14)6-4-8/h3-6H,2,7H2,1H3,(H2,15,16,17). The molecule has 2 aromatic rings. The number of rotatable bonds is 4. The fourth-order valence-electron chi connectivity index (χ4n) is 1.65. The van der Waals surface area contributed by atoms with E-state index < -0.39 is 11.9 Å². The Kier molecular flexibility index (Phi) is 4.54. The highest BCUT2D eigenvalue weighted by molar-refractivity contribution is 6.30. The first-order chi connectivity index (χ1) is 10.0. The predicted molar refractivity (Wildman–Crippen MR) is 76.0 cm³/mol. The lowest BCUT2D eigenvalue weighted by Gasteiger charge is -2.01. The first kappa shape index (κ1) is 15.0. The highest BCUT2D eigenvalue weighted by Crippen LogP contribution is 2.12. The number of halogens is 1. The maximum absolute atomic E-state index is 12.2. The van der Waals surface area contributed by atoms with Gasteiger partial charge < -0.3 is 10.5 Å². The fourth-order valence-corrected chi connectivity index (χ4v) is 1.77. The van der Waals surface area contributed by atoms with Crippen LogP contribution in [-0.2, 0) is 16.0 Å². The topological polar surface area (TPSA) is 100 Å². The van der Waals surface area contributed by atoms with Crippen molar-refractivity contribution in [1.29, 1.82) is 0 Å². The summed E-state index contributed by atoms with van der Waals surface area (Å²) in [4.78, 5) is 27.5. The Hall–Kier alpha value is -2.41. The highest BCUT2D eigenvalue weighted by Gasteiger charge is 2.17. The average molecular weight is 309 g/mol. The molecule has 0 saturated carbocycles. The second kappa shape index (κ2) is 6.36. The Morgan fingerprint density at radius 1 is 1.33 bits per heavy atom. The van der Waals surface area contributed by atoms with Crippen LogP contribution in [0.2, 0.25) is 5.02 Å². The maximum Gasteiger partial charge on any atom is 0.313 e. The van der Waals surface area contributed by atoms with Gasteiger partial charge in [-0.2, -0.15) is 9.67 Å². The van der Waals surface area contributed by atoms with Crippen molar-refractivity contribution >= 4 is 29.4 Å². The van der Waals surface area contributed by atoms with Crippen LogP contribution in [0.25, 0.3) is 0 Å². The first-order valence-electron chi connectivity index (χ1n) is 6.18. The van der Waals surface area contributed by atoms with E-state index in [4.69, 9.17) is 22.1 Å². The predicted octanol–water partition coefficient (Wildman–Crippen LogP) is 1.31. The molecule has 1 aromatic heterocycles. The average Bonchev–Trinajstić information content (AvgIpc) is 2.79. The van der Waals surface area contributed by atoms with Crippen LogP contribution in [0, 0.1) is 0 Å². The van der Waals surface area contributed by atoms with Crippen LogP contribution in [-0.4, -0.2) is 33.2 Å². The summed E-state index contributed by atoms with van der Waals surface area (Å²) in [6, 6.07) is 6.27. The van der Waals surface area contributed by atoms with Crippen LogP contribution < -0.4 is 5.73 Å². The van der Waals surface area contributed by atoms with Crippen molar-refractivity contribution in [1.82, 2.24) is 14.8 Å². The van der Waals surface area contributed by atoms with Crippen molar-refractivity contribution in [2.45, 2.75) is 13.3 Å². The number of benzene rings is 1. The summed E-state index contributed by atoms with van der Waals surface area (Å²) >= 11 is 5.76. The van der Waals surface area contributed by atoms with E-state index in [1.54, 1.807) is 31.2 Å². The Balaban J connectivity index is 2.20. The molecule has 7 nitrogen and oxygen atoms in total. The summed E-state index contributed by atoms with van der Waals surface area (Å²) in [5.41, 5.74) is 6.01. The molecule has 0 unspecified atom stereocenters. The number of carbonyl (C=O) groups is 2. The molecule has 1 heterocycles. The Morgan fingerprint density at radius 3 is 2.62 bits per heavy atom. The molecule has 0 radical (unpaired) electrons. The van der Waals surface area contributed by atoms with Gasteiger partial charge in [-0.15, -0.1) is 5.10 Å². The van der Waals surface area contributed by atoms with Crippen molar-refractivity contribution in [3.05, 3.63) is 40.7 Å². The third-order valence-corrected chi connectivity index (χ3v) is 2.82. The Labute approximate surface area is 125 Å². The van der Waals surface area contributed by atoms with Crippen LogP contribution in [0.4, 0.5) is 5.95 Å². The molecule has 2 N–H and O–H groups in total. The first-order valence-corrected chi connectivity index (χ1v) is 6.56. The van der Waals surface area contributed by atoms with E-state index in [9.17, 15) is 9.59 Å². The molecule has 0 spiro atoms. The molecule has 1 aromatic carbocycles. The minimum atomic E-state index is -0.478. The van der Waals surface area contributed by atoms with Gasteiger partial charge in [-0.3, -0.25) is 9.59 Å². The zero-order chi connectivity index (χ0) is 15.4. The van der Waals surface area contributed by atoms with E-state index in [0.29, 0.717) is 10.6 Å². The van der Waals surface area contributed by atoms with Crippen molar-refractivity contribution < 1.29 is 14.3 Å². The van der Waals surface area contributed by atoms with Gasteiger partial charge >= 0.3 is 5.97 Å². The summed E-state index contributed by atoms with van der Waals surface area (Å²) in [6.45, 7) is 1.96. The minimum Gasteiger partial charge on any atom is -0.466 e. The Bertz CT molecular complexity index is 667. The van der Waals surface area contributed by atoms with Crippen LogP contribution in [0.1, 0.15) is 23.1 Å². The number of nitrogens with two attached hydrogens (primary N) is 1. The second-order valence-electron chi connectivity index (χ2n) is 4.09. The van der Waals surface area contributed by atoms with Gasteiger partial charge in [0, 0.05) is 10.6 Å². The lowest BCUT2D eigenvalue weighted by Crippen LogP contribution is -2.16. The summed E-state index contributed by atoms with van der Waals surface area (Å²) in [6.07, 6.45) is -0.140. The van der Waals surface area contributed by atoms with Crippen LogP contribution in [0.3, 0.4) is 0 Å². The monoisotopic (exact) mass is 308 g/mol. The van der Waals surface area contributed by atoms with Crippen molar-refractivity contribution in [3.8, 4) is 0 Å². The van der Waals surface area contributed by atoms with Gasteiger partial charge in [-0.25, -0.2) is 0 Å². The van der Waals surface area contributed by atoms with Crippen LogP contribution in [0.5, 0.6) is 0 Å². The summed E-state index contributed by atoms with van der Waals surface area (Å²) in [7, 11) is 0. The fraction of sp³-hybridized carbons (Fsp3) is 0.231. The highest BCUT2D eigenvalue weighted by atomic mass is 35.5. The molecule has 8 heteroatoms. The van der Waals surface area contributed by atoms with E-state index in [2.05, 4.69) is 10.1 Å². The van der Waals surface area contributed by atoms with Crippen molar-refractivity contribution in [2.75, 3.05) is 12.3 Å². The van der Waals surface area contributed by atoms with Crippen molar-refractivity contribution in [2.24, 2.45) is 0 Å². The van der Waals surface area contributed by atoms with E-state index >= 15 is 0 Å². The molecular weight excluding hydrogens is 296 g/mol. The molecule has 2 rings (SSSR count). The van der Waals surface area contributed by atoms with E-state index in [0.717, 1.165) is 4.68 Å². The Morgan fingerprint density at radius 2 is 2.00 bits per heavy atom. The molecule has 110 valence electrons. The minimum absolute atomic E-state index is 0.0887. The van der Waals surface area contributed by atoms with Gasteiger partial charge in [-0.1, -0.05) is 11.6 Å². The molecule has 21 heavy (non-hydrogen) atoms. The molecular formula is C13H13ClN4O3. The smallest absolute Gasteiger partial charge is 0.313 e. The lowest BCUT2D eigenvalue weighted by atomic mass is 10.2. The quantitative estimate of drug-likeness (QED) is 0.855. The van der Waals surface area contributed by atoms with E-state index in [1.165, 1.54) is 0 Å². The third kappa shape index (κ3) is 3.57. The number of nitrogen functional groups attached to an aromatic ring is 1. The largest absolute Gasteiger partial charge is 0.466 e. The molecule has 0 amide bonds. The van der Waals surface area contributed by atoms with Gasteiger partial charge in [0.05, 0.1) is 6.61 Å². The van der Waals surface area contributed by atoms with Gasteiger partial charge in [0.15, 0.2) is 5.82 Å². The van der Waals surface area contributed by atoms with Crippen LogP contribution in [0.15, 0.2) is 24.3 Å². The molecule has 0 fully saturated rings. The number of aromatic nitrogens is 3. The number of nitrogens with zero attached hydrogens (tertiary/aromatic N) is 3. The molecule has 0 aliphatic rings. The zero-order valence-electron chi connectivity index (χ0n) is 11.2. The number of hydrogen-bond donors (Lipinski definition) is 1. The van der Waals surface area contributed by atoms with E-state index in [1.807, 2.05) is 0 Å². The van der Waals surface area contributed by atoms with Crippen molar-refractivity contribution in [3.63, 3.8) is 0 Å². The second-order valence-corrected chi connectivity index (χ2v) is 4.53. The summed E-state index contributed by atoms with van der Waals surface area (Å²) in [5, 5.41) is 4.44. The molecule has 0 bridgehead atoms. The van der Waals surface area contributed by atoms with Gasteiger partial charge in [0.25, 0.3) is 5.91 Å². The summed E-state index contributed by atoms with van der Waals surface area (Å²) in [5.74, 6) is -0.886. The van der Waals surface area contributed by atoms with Gasteiger partial charge in [-0.05, 0) is 31.2 Å². The molecule has 0 aliphatic heterocycles. The number of hydrogen-bond acceptors (Lipinski definition) is 6. The number of esters is 1.